The van der Waals surface area contributed by atoms with Gasteiger partial charge in [-0.3, -0.25) is 0 Å². The van der Waals surface area contributed by atoms with Crippen molar-refractivity contribution in [3.63, 3.8) is 0 Å². The number of hydrogen-bond donors (Lipinski definition) is 0. The van der Waals surface area contributed by atoms with Gasteiger partial charge in [0.15, 0.2) is 5.58 Å². The molecule has 0 unspecified atom stereocenters. The second-order valence-corrected chi connectivity index (χ2v) is 13.0. The van der Waals surface area contributed by atoms with Crippen LogP contribution in [0.5, 0.6) is 0 Å². The van der Waals surface area contributed by atoms with Gasteiger partial charge in [0.05, 0.1) is 5.39 Å². The third-order valence-electron chi connectivity index (χ3n) is 9.13. The Hall–Kier alpha value is -6.17. The zero-order chi connectivity index (χ0) is 31.6. The molecular formula is C43H26N2O2S. The van der Waals surface area contributed by atoms with Crippen molar-refractivity contribution in [3.05, 3.63) is 158 Å². The van der Waals surface area contributed by atoms with Crippen LogP contribution in [0.1, 0.15) is 0 Å². The number of oxazole rings is 1. The van der Waals surface area contributed by atoms with Gasteiger partial charge >= 0.3 is 0 Å². The Morgan fingerprint density at radius 1 is 0.458 bits per heavy atom. The minimum atomic E-state index is 0.584. The maximum Gasteiger partial charge on any atom is 0.227 e. The number of benzene rings is 7. The lowest BCUT2D eigenvalue weighted by Crippen LogP contribution is -2.09. The van der Waals surface area contributed by atoms with Crippen molar-refractivity contribution in [2.24, 2.45) is 0 Å². The van der Waals surface area contributed by atoms with E-state index in [-0.39, 0.29) is 0 Å². The summed E-state index contributed by atoms with van der Waals surface area (Å²) in [5, 5.41) is 4.65. The van der Waals surface area contributed by atoms with Crippen LogP contribution in [0, 0.1) is 0 Å². The average Bonchev–Trinajstić information content (AvgIpc) is 3.86. The van der Waals surface area contributed by atoms with Gasteiger partial charge in [0.25, 0.3) is 0 Å². The van der Waals surface area contributed by atoms with Crippen LogP contribution in [0.4, 0.5) is 17.1 Å². The zero-order valence-electron chi connectivity index (χ0n) is 25.6. The maximum absolute atomic E-state index is 6.29. The van der Waals surface area contributed by atoms with Gasteiger partial charge < -0.3 is 13.7 Å². The second-order valence-electron chi connectivity index (χ2n) is 11.9. The van der Waals surface area contributed by atoms with Gasteiger partial charge in [0.2, 0.25) is 5.89 Å². The summed E-state index contributed by atoms with van der Waals surface area (Å²) < 4.78 is 15.0. The quantitative estimate of drug-likeness (QED) is 0.189. The fourth-order valence-electron chi connectivity index (χ4n) is 6.87. The summed E-state index contributed by atoms with van der Waals surface area (Å²) in [4.78, 5) is 7.24. The fourth-order valence-corrected chi connectivity index (χ4v) is 8.11. The molecule has 0 bridgehead atoms. The lowest BCUT2D eigenvalue weighted by molar-refractivity contribution is 0.619. The molecule has 5 heteroatoms. The first-order valence-electron chi connectivity index (χ1n) is 16.0. The van der Waals surface area contributed by atoms with Crippen molar-refractivity contribution in [1.82, 2.24) is 4.98 Å². The number of anilines is 3. The van der Waals surface area contributed by atoms with Gasteiger partial charge in [-0.2, -0.15) is 0 Å². The van der Waals surface area contributed by atoms with Crippen molar-refractivity contribution in [3.8, 4) is 22.6 Å². The van der Waals surface area contributed by atoms with Gasteiger partial charge in [-0.1, -0.05) is 84.9 Å². The molecule has 10 aromatic rings. The van der Waals surface area contributed by atoms with Crippen LogP contribution in [-0.4, -0.2) is 4.98 Å². The number of rotatable bonds is 5. The summed E-state index contributed by atoms with van der Waals surface area (Å²) in [5.74, 6) is 0.584. The lowest BCUT2D eigenvalue weighted by atomic mass is 10.0. The summed E-state index contributed by atoms with van der Waals surface area (Å²) in [5.41, 5.74) is 9.80. The van der Waals surface area contributed by atoms with Crippen molar-refractivity contribution in [1.29, 1.82) is 0 Å². The number of nitrogens with zero attached hydrogens (tertiary/aromatic N) is 2. The number of furan rings is 1. The minimum absolute atomic E-state index is 0.584. The molecule has 0 fully saturated rings. The Labute approximate surface area is 279 Å². The third kappa shape index (κ3) is 4.25. The van der Waals surface area contributed by atoms with E-state index < -0.39 is 0 Å². The van der Waals surface area contributed by atoms with E-state index in [1.165, 1.54) is 31.3 Å². The van der Waals surface area contributed by atoms with E-state index >= 15 is 0 Å². The van der Waals surface area contributed by atoms with Crippen molar-refractivity contribution in [2.45, 2.75) is 0 Å². The highest BCUT2D eigenvalue weighted by atomic mass is 32.1. The Bertz CT molecular complexity index is 2770. The molecule has 0 radical (unpaired) electrons. The summed E-state index contributed by atoms with van der Waals surface area (Å²) >= 11 is 1.86. The SMILES string of the molecule is c1ccc(N(c2ccc(-c3nc4c(ccc5oc6ccccc6c54)o3)cc2)c2ccc(-c3cccc4c3sc3ccccc34)cc2)cc1. The second kappa shape index (κ2) is 10.7. The highest BCUT2D eigenvalue weighted by Crippen LogP contribution is 2.42. The summed E-state index contributed by atoms with van der Waals surface area (Å²) in [6, 6.07) is 55.0. The molecule has 0 saturated carbocycles. The van der Waals surface area contributed by atoms with Crippen LogP contribution in [0.3, 0.4) is 0 Å². The monoisotopic (exact) mass is 634 g/mol. The number of fused-ring (bicyclic) bond motifs is 8. The third-order valence-corrected chi connectivity index (χ3v) is 10.3. The molecule has 0 atom stereocenters. The molecule has 3 heterocycles. The van der Waals surface area contributed by atoms with Crippen LogP contribution in [0.25, 0.3) is 75.8 Å². The van der Waals surface area contributed by atoms with Crippen molar-refractivity contribution in [2.75, 3.05) is 4.90 Å². The van der Waals surface area contributed by atoms with E-state index in [1.54, 1.807) is 0 Å². The van der Waals surface area contributed by atoms with Gasteiger partial charge in [-0.25, -0.2) is 4.98 Å². The first-order valence-corrected chi connectivity index (χ1v) is 16.8. The largest absolute Gasteiger partial charge is 0.456 e. The molecule has 7 aromatic carbocycles. The highest BCUT2D eigenvalue weighted by molar-refractivity contribution is 7.26. The highest BCUT2D eigenvalue weighted by Gasteiger charge is 2.18. The molecule has 0 N–H and O–H groups in total. The van der Waals surface area contributed by atoms with Gasteiger partial charge in [-0.15, -0.1) is 11.3 Å². The molecule has 226 valence electrons. The van der Waals surface area contributed by atoms with Crippen molar-refractivity contribution < 1.29 is 8.83 Å². The van der Waals surface area contributed by atoms with E-state index in [1.807, 2.05) is 47.7 Å². The Morgan fingerprint density at radius 3 is 1.92 bits per heavy atom. The Balaban J connectivity index is 1.03. The van der Waals surface area contributed by atoms with E-state index in [2.05, 4.69) is 126 Å². The molecule has 0 spiro atoms. The number of para-hydroxylation sites is 2. The standard InChI is InChI=1S/C43H26N2O2S/c1-2-9-29(10-3-1)45(30-21-17-27(18-22-30)32-13-8-14-34-33-11-5-7-16-39(33)48-42(32)34)31-23-19-28(20-24-31)43-44-41-38(47-43)26-25-37-40(41)35-12-4-6-15-36(35)46-37/h1-26H. The van der Waals surface area contributed by atoms with Crippen LogP contribution in [-0.2, 0) is 0 Å². The van der Waals surface area contributed by atoms with Crippen LogP contribution >= 0.6 is 11.3 Å². The number of thiophene rings is 1. The Kier molecular flexibility index (Phi) is 6.01. The zero-order valence-corrected chi connectivity index (χ0v) is 26.4. The predicted molar refractivity (Wildman–Crippen MR) is 200 cm³/mol. The molecular weight excluding hydrogens is 609 g/mol. The summed E-state index contributed by atoms with van der Waals surface area (Å²) in [6.07, 6.45) is 0. The number of aromatic nitrogens is 1. The smallest absolute Gasteiger partial charge is 0.227 e. The van der Waals surface area contributed by atoms with E-state index in [0.29, 0.717) is 5.89 Å². The van der Waals surface area contributed by atoms with E-state index in [9.17, 15) is 0 Å². The summed E-state index contributed by atoms with van der Waals surface area (Å²) in [7, 11) is 0. The van der Waals surface area contributed by atoms with Gasteiger partial charge in [0, 0.05) is 48.2 Å². The molecule has 4 nitrogen and oxygen atoms in total. The lowest BCUT2D eigenvalue weighted by Gasteiger charge is -2.25. The van der Waals surface area contributed by atoms with Crippen LogP contribution in [0.15, 0.2) is 167 Å². The number of hydrogen-bond acceptors (Lipinski definition) is 5. The molecule has 3 aromatic heterocycles. The molecule has 0 aliphatic carbocycles. The average molecular weight is 635 g/mol. The van der Waals surface area contributed by atoms with Crippen LogP contribution < -0.4 is 4.90 Å². The minimum Gasteiger partial charge on any atom is -0.456 e. The molecule has 0 amide bonds. The van der Waals surface area contributed by atoms with E-state index in [4.69, 9.17) is 13.8 Å². The fraction of sp³-hybridized carbons (Fsp3) is 0. The van der Waals surface area contributed by atoms with Crippen molar-refractivity contribution >= 4 is 81.6 Å². The predicted octanol–water partition coefficient (Wildman–Crippen LogP) is 12.9. The molecule has 10 rings (SSSR count). The normalized spacial score (nSPS) is 11.8. The topological polar surface area (TPSA) is 42.4 Å². The molecule has 0 saturated heterocycles. The van der Waals surface area contributed by atoms with Gasteiger partial charge in [0.1, 0.15) is 16.7 Å². The van der Waals surface area contributed by atoms with Gasteiger partial charge in [-0.05, 0) is 83.9 Å². The first kappa shape index (κ1) is 27.0. The Morgan fingerprint density at radius 2 is 1.10 bits per heavy atom. The molecule has 48 heavy (non-hydrogen) atoms. The molecule has 0 aliphatic rings. The van der Waals surface area contributed by atoms with Crippen LogP contribution in [0.2, 0.25) is 0 Å². The van der Waals surface area contributed by atoms with E-state index in [0.717, 1.165) is 55.7 Å². The first-order chi connectivity index (χ1) is 23.8. The maximum atomic E-state index is 6.29. The summed E-state index contributed by atoms with van der Waals surface area (Å²) in [6.45, 7) is 0. The molecule has 0 aliphatic heterocycles.